The van der Waals surface area contributed by atoms with Crippen LogP contribution < -0.4 is 16.4 Å². The molecular weight excluding hydrogens is 496 g/mol. The van der Waals surface area contributed by atoms with E-state index in [9.17, 15) is 24.6 Å². The van der Waals surface area contributed by atoms with Gasteiger partial charge in [0.25, 0.3) is 11.8 Å². The third kappa shape index (κ3) is 10.3. The number of primary amides is 1. The van der Waals surface area contributed by atoms with Gasteiger partial charge < -0.3 is 31.5 Å². The van der Waals surface area contributed by atoms with Crippen LogP contribution in [0.3, 0.4) is 0 Å². The predicted octanol–water partition coefficient (Wildman–Crippen LogP) is 3.09. The molecule has 3 amide bonds. The van der Waals surface area contributed by atoms with Gasteiger partial charge in [-0.05, 0) is 74.0 Å². The molecule has 0 aliphatic rings. The van der Waals surface area contributed by atoms with Crippen LogP contribution >= 0.6 is 0 Å². The van der Waals surface area contributed by atoms with Crippen molar-refractivity contribution in [3.63, 3.8) is 0 Å². The van der Waals surface area contributed by atoms with Gasteiger partial charge in [-0.1, -0.05) is 39.8 Å². The Balaban J connectivity index is 2.32. The number of nitrogens with two attached hydrogens (primary N) is 1. The maximum atomic E-state index is 13.4. The van der Waals surface area contributed by atoms with E-state index in [-0.39, 0.29) is 34.9 Å². The lowest BCUT2D eigenvalue weighted by Gasteiger charge is -2.25. The maximum absolute atomic E-state index is 13.4. The number of phenols is 1. The fourth-order valence-corrected chi connectivity index (χ4v) is 4.27. The van der Waals surface area contributed by atoms with Gasteiger partial charge in [-0.15, -0.1) is 0 Å². The normalized spacial score (nSPS) is 12.7. The molecule has 0 saturated carbocycles. The molecule has 0 aliphatic carbocycles. The highest BCUT2D eigenvalue weighted by atomic mass is 16.3. The van der Waals surface area contributed by atoms with Gasteiger partial charge in [-0.25, -0.2) is 0 Å². The summed E-state index contributed by atoms with van der Waals surface area (Å²) < 4.78 is 0. The van der Waals surface area contributed by atoms with Crippen LogP contribution in [-0.4, -0.2) is 71.2 Å². The minimum atomic E-state index is -0.917. The number of rotatable bonds is 16. The minimum Gasteiger partial charge on any atom is -0.508 e. The quantitative estimate of drug-likeness (QED) is 0.207. The predicted molar refractivity (Wildman–Crippen MR) is 153 cm³/mol. The Morgan fingerprint density at radius 1 is 0.949 bits per heavy atom. The molecule has 9 nitrogen and oxygen atoms in total. The molecule has 0 bridgehead atoms. The number of benzene rings is 2. The molecule has 214 valence electrons. The van der Waals surface area contributed by atoms with Crippen LogP contribution in [0.1, 0.15) is 83.6 Å². The summed E-state index contributed by atoms with van der Waals surface area (Å²) in [5.41, 5.74) is 6.73. The molecular formula is C30H44N4O5. The van der Waals surface area contributed by atoms with Crippen molar-refractivity contribution >= 4 is 17.7 Å². The van der Waals surface area contributed by atoms with Crippen molar-refractivity contribution in [2.24, 2.45) is 11.7 Å². The SMILES string of the molecule is CCCN(CCC)C(=O)c1cc(C(N)=O)cc(C(=O)N[C@@H](Cc2ccc(O)cc2)[C@H](O)CNCCC(C)C)c1. The Bertz CT molecular complexity index is 1080. The van der Waals surface area contributed by atoms with Crippen molar-refractivity contribution in [1.82, 2.24) is 15.5 Å². The van der Waals surface area contributed by atoms with Crippen molar-refractivity contribution < 1.29 is 24.6 Å². The summed E-state index contributed by atoms with van der Waals surface area (Å²) in [6, 6.07) is 10.1. The van der Waals surface area contributed by atoms with E-state index >= 15 is 0 Å². The van der Waals surface area contributed by atoms with Gasteiger partial charge in [0, 0.05) is 36.3 Å². The molecule has 0 saturated heterocycles. The average molecular weight is 541 g/mol. The summed E-state index contributed by atoms with van der Waals surface area (Å²) in [5, 5.41) is 26.8. The molecule has 0 radical (unpaired) electrons. The fourth-order valence-electron chi connectivity index (χ4n) is 4.27. The summed E-state index contributed by atoms with van der Waals surface area (Å²) >= 11 is 0. The molecule has 2 rings (SSSR count). The van der Waals surface area contributed by atoms with E-state index in [0.29, 0.717) is 25.4 Å². The second-order valence-electron chi connectivity index (χ2n) is 10.4. The van der Waals surface area contributed by atoms with E-state index in [0.717, 1.165) is 31.4 Å². The first kappa shape index (κ1) is 31.8. The number of amides is 3. The highest BCUT2D eigenvalue weighted by Gasteiger charge is 2.24. The lowest BCUT2D eigenvalue weighted by molar-refractivity contribution is 0.0755. The van der Waals surface area contributed by atoms with Crippen molar-refractivity contribution in [2.75, 3.05) is 26.2 Å². The lowest BCUT2D eigenvalue weighted by atomic mass is 9.99. The zero-order chi connectivity index (χ0) is 28.9. The maximum Gasteiger partial charge on any atom is 0.253 e. The number of phenolic OH excluding ortho intramolecular Hbond substituents is 1. The van der Waals surface area contributed by atoms with Crippen LogP contribution in [0, 0.1) is 5.92 Å². The summed E-state index contributed by atoms with van der Waals surface area (Å²) in [5.74, 6) is -0.912. The van der Waals surface area contributed by atoms with Gasteiger partial charge in [-0.3, -0.25) is 14.4 Å². The minimum absolute atomic E-state index is 0.0601. The molecule has 2 atom stereocenters. The van der Waals surface area contributed by atoms with Gasteiger partial charge >= 0.3 is 0 Å². The molecule has 2 aromatic carbocycles. The molecule has 0 aliphatic heterocycles. The van der Waals surface area contributed by atoms with Crippen LogP contribution in [0.2, 0.25) is 0 Å². The lowest BCUT2D eigenvalue weighted by Crippen LogP contribution is -2.49. The van der Waals surface area contributed by atoms with Crippen LogP contribution in [-0.2, 0) is 6.42 Å². The van der Waals surface area contributed by atoms with E-state index in [1.807, 2.05) is 13.8 Å². The smallest absolute Gasteiger partial charge is 0.253 e. The van der Waals surface area contributed by atoms with Gasteiger partial charge in [0.05, 0.1) is 12.1 Å². The number of aliphatic hydroxyl groups excluding tert-OH is 1. The standard InChI is InChI=1S/C30H44N4O5/c1-5-13-34(14-6-2)30(39)24-17-22(28(31)37)16-23(18-24)29(38)33-26(15-21-7-9-25(35)10-8-21)27(36)19-32-12-11-20(3)4/h7-10,16-18,20,26-27,32,35-36H,5-6,11-15,19H2,1-4H3,(H2,31,37)(H,33,38)/t26-,27+/m0/s1. The molecule has 39 heavy (non-hydrogen) atoms. The molecule has 2 aromatic rings. The number of hydrogen-bond donors (Lipinski definition) is 5. The molecule has 0 heterocycles. The van der Waals surface area contributed by atoms with Gasteiger partial charge in [0.15, 0.2) is 0 Å². The first-order chi connectivity index (χ1) is 18.5. The van der Waals surface area contributed by atoms with Gasteiger partial charge in [-0.2, -0.15) is 0 Å². The summed E-state index contributed by atoms with van der Waals surface area (Å²) in [6.45, 7) is 10.3. The number of aromatic hydroxyl groups is 1. The topological polar surface area (TPSA) is 145 Å². The molecule has 0 fully saturated rings. The number of aliphatic hydroxyl groups is 1. The zero-order valence-electron chi connectivity index (χ0n) is 23.6. The summed E-state index contributed by atoms with van der Waals surface area (Å²) in [7, 11) is 0. The highest BCUT2D eigenvalue weighted by molar-refractivity contribution is 6.04. The van der Waals surface area contributed by atoms with E-state index < -0.39 is 24.0 Å². The Morgan fingerprint density at radius 3 is 2.10 bits per heavy atom. The number of carbonyl (C=O) groups is 3. The van der Waals surface area contributed by atoms with Crippen LogP contribution in [0.4, 0.5) is 0 Å². The van der Waals surface area contributed by atoms with E-state index in [1.54, 1.807) is 29.2 Å². The second-order valence-corrected chi connectivity index (χ2v) is 10.4. The van der Waals surface area contributed by atoms with Crippen LogP contribution in [0.25, 0.3) is 0 Å². The van der Waals surface area contributed by atoms with Crippen molar-refractivity contribution in [2.45, 2.75) is 65.5 Å². The Kier molecular flexibility index (Phi) is 12.9. The molecule has 0 spiro atoms. The fraction of sp³-hybridized carbons (Fsp3) is 0.500. The van der Waals surface area contributed by atoms with Gasteiger partial charge in [0.2, 0.25) is 5.91 Å². The molecule has 6 N–H and O–H groups in total. The summed E-state index contributed by atoms with van der Waals surface area (Å²) in [4.78, 5) is 40.4. The first-order valence-corrected chi connectivity index (χ1v) is 13.8. The van der Waals surface area contributed by atoms with Crippen molar-refractivity contribution in [3.8, 4) is 5.75 Å². The van der Waals surface area contributed by atoms with Crippen molar-refractivity contribution in [1.29, 1.82) is 0 Å². The molecule has 0 unspecified atom stereocenters. The van der Waals surface area contributed by atoms with E-state index in [2.05, 4.69) is 24.5 Å². The van der Waals surface area contributed by atoms with E-state index in [4.69, 9.17) is 5.73 Å². The summed E-state index contributed by atoms with van der Waals surface area (Å²) in [6.07, 6.45) is 1.89. The second kappa shape index (κ2) is 15.9. The van der Waals surface area contributed by atoms with E-state index in [1.165, 1.54) is 18.2 Å². The van der Waals surface area contributed by atoms with Crippen LogP contribution in [0.15, 0.2) is 42.5 Å². The monoisotopic (exact) mass is 540 g/mol. The number of hydrogen-bond acceptors (Lipinski definition) is 6. The molecule has 9 heteroatoms. The van der Waals surface area contributed by atoms with Crippen LogP contribution in [0.5, 0.6) is 5.75 Å². The first-order valence-electron chi connectivity index (χ1n) is 13.8. The van der Waals surface area contributed by atoms with Gasteiger partial charge in [0.1, 0.15) is 5.75 Å². The Labute approximate surface area is 231 Å². The van der Waals surface area contributed by atoms with Crippen molar-refractivity contribution in [3.05, 3.63) is 64.7 Å². The number of nitrogens with one attached hydrogen (secondary N) is 2. The highest BCUT2D eigenvalue weighted by Crippen LogP contribution is 2.16. The average Bonchev–Trinajstić information content (AvgIpc) is 2.90. The number of carbonyl (C=O) groups excluding carboxylic acids is 3. The molecule has 0 aromatic heterocycles. The third-order valence-electron chi connectivity index (χ3n) is 6.43. The number of nitrogens with zero attached hydrogens (tertiary/aromatic N) is 1. The third-order valence-corrected chi connectivity index (χ3v) is 6.43. The zero-order valence-corrected chi connectivity index (χ0v) is 23.6. The largest absolute Gasteiger partial charge is 0.508 e. The Morgan fingerprint density at radius 2 is 1.54 bits per heavy atom. The Hall–Kier alpha value is -3.43.